The van der Waals surface area contributed by atoms with Gasteiger partial charge in [-0.3, -0.25) is 9.59 Å². The zero-order valence-electron chi connectivity index (χ0n) is 21.1. The third-order valence-electron chi connectivity index (χ3n) is 5.86. The van der Waals surface area contributed by atoms with Crippen molar-refractivity contribution in [3.8, 4) is 0 Å². The van der Waals surface area contributed by atoms with Gasteiger partial charge in [-0.2, -0.15) is 0 Å². The maximum absolute atomic E-state index is 13.8. The summed E-state index contributed by atoms with van der Waals surface area (Å²) in [5.74, 6) is 0.0999. The lowest BCUT2D eigenvalue weighted by atomic mass is 10.00. The predicted molar refractivity (Wildman–Crippen MR) is 143 cm³/mol. The fourth-order valence-electron chi connectivity index (χ4n) is 4.21. The highest BCUT2D eigenvalue weighted by Gasteiger charge is 2.30. The summed E-state index contributed by atoms with van der Waals surface area (Å²) >= 11 is 6.09. The van der Waals surface area contributed by atoms with Crippen LogP contribution in [0, 0.1) is 19.8 Å². The Hall–Kier alpha value is -3.11. The third-order valence-corrected chi connectivity index (χ3v) is 6.11. The largest absolute Gasteiger partial charge is 0.354 e. The first-order valence-corrected chi connectivity index (χ1v) is 12.5. The molecule has 2 amide bonds. The molecule has 35 heavy (non-hydrogen) atoms. The minimum Gasteiger partial charge on any atom is -0.354 e. The van der Waals surface area contributed by atoms with Crippen LogP contribution in [-0.2, 0) is 29.0 Å². The summed E-state index contributed by atoms with van der Waals surface area (Å²) in [6, 6.07) is 22.8. The van der Waals surface area contributed by atoms with E-state index in [9.17, 15) is 9.59 Å². The van der Waals surface area contributed by atoms with Gasteiger partial charge in [0, 0.05) is 24.5 Å². The Labute approximate surface area is 214 Å². The van der Waals surface area contributed by atoms with Gasteiger partial charge in [0.2, 0.25) is 11.8 Å². The summed E-state index contributed by atoms with van der Waals surface area (Å²) in [6.07, 6.45) is 0.676. The maximum atomic E-state index is 13.8. The number of nitrogens with one attached hydrogen (secondary N) is 1. The van der Waals surface area contributed by atoms with Crippen LogP contribution in [0.4, 0.5) is 0 Å². The molecule has 0 saturated carbocycles. The molecule has 0 unspecified atom stereocenters. The second kappa shape index (κ2) is 12.6. The standard InChI is InChI=1S/C30H35ClN2O2/c1-21(2)19-32-30(35)28(17-24-8-6-5-7-9-24)33(20-25-10-12-27(31)13-11-25)29(34)18-26-15-22(3)14-23(4)16-26/h5-16,21,28H,17-20H2,1-4H3,(H,32,35)/t28-/m1/s1. The summed E-state index contributed by atoms with van der Waals surface area (Å²) in [6.45, 7) is 9.07. The first kappa shape index (κ1) is 26.5. The van der Waals surface area contributed by atoms with Crippen molar-refractivity contribution in [2.24, 2.45) is 5.92 Å². The molecule has 4 nitrogen and oxygen atoms in total. The average Bonchev–Trinajstić information content (AvgIpc) is 2.81. The third kappa shape index (κ3) is 8.25. The quantitative estimate of drug-likeness (QED) is 0.384. The Morgan fingerprint density at radius 3 is 2.09 bits per heavy atom. The molecule has 0 spiro atoms. The summed E-state index contributed by atoms with van der Waals surface area (Å²) in [5.41, 5.74) is 5.13. The van der Waals surface area contributed by atoms with Crippen molar-refractivity contribution in [3.05, 3.63) is 106 Å². The molecule has 3 aromatic carbocycles. The molecule has 0 aromatic heterocycles. The molecular weight excluding hydrogens is 456 g/mol. The molecule has 3 aromatic rings. The molecule has 0 bridgehead atoms. The summed E-state index contributed by atoms with van der Waals surface area (Å²) in [4.78, 5) is 29.0. The number of hydrogen-bond donors (Lipinski definition) is 1. The van der Waals surface area contributed by atoms with Gasteiger partial charge in [-0.25, -0.2) is 0 Å². The second-order valence-corrected chi connectivity index (χ2v) is 10.1. The number of aryl methyl sites for hydroxylation is 2. The van der Waals surface area contributed by atoms with Crippen LogP contribution in [0.15, 0.2) is 72.8 Å². The van der Waals surface area contributed by atoms with Gasteiger partial charge in [0.25, 0.3) is 0 Å². The van der Waals surface area contributed by atoms with Crippen LogP contribution in [0.5, 0.6) is 0 Å². The van der Waals surface area contributed by atoms with Crippen LogP contribution < -0.4 is 5.32 Å². The fourth-order valence-corrected chi connectivity index (χ4v) is 4.34. The lowest BCUT2D eigenvalue weighted by molar-refractivity contribution is -0.140. The number of benzene rings is 3. The highest BCUT2D eigenvalue weighted by atomic mass is 35.5. The smallest absolute Gasteiger partial charge is 0.243 e. The zero-order chi connectivity index (χ0) is 25.4. The second-order valence-electron chi connectivity index (χ2n) is 9.67. The molecule has 0 heterocycles. The van der Waals surface area contributed by atoms with Crippen LogP contribution in [0.3, 0.4) is 0 Å². The molecule has 0 saturated heterocycles. The zero-order valence-corrected chi connectivity index (χ0v) is 21.8. The van der Waals surface area contributed by atoms with Crippen LogP contribution in [-0.4, -0.2) is 29.3 Å². The van der Waals surface area contributed by atoms with Crippen molar-refractivity contribution in [2.45, 2.75) is 53.1 Å². The first-order valence-electron chi connectivity index (χ1n) is 12.1. The van der Waals surface area contributed by atoms with Crippen molar-refractivity contribution in [3.63, 3.8) is 0 Å². The molecule has 1 atom stereocenters. The van der Waals surface area contributed by atoms with E-state index < -0.39 is 6.04 Å². The monoisotopic (exact) mass is 490 g/mol. The Kier molecular flexibility index (Phi) is 9.50. The van der Waals surface area contributed by atoms with Crippen molar-refractivity contribution in [1.82, 2.24) is 10.2 Å². The summed E-state index contributed by atoms with van der Waals surface area (Å²) < 4.78 is 0. The number of carbonyl (C=O) groups excluding carboxylic acids is 2. The molecule has 184 valence electrons. The van der Waals surface area contributed by atoms with E-state index in [2.05, 4.69) is 25.2 Å². The van der Waals surface area contributed by atoms with Gasteiger partial charge in [0.05, 0.1) is 6.42 Å². The molecule has 3 rings (SSSR count). The van der Waals surface area contributed by atoms with Gasteiger partial charge in [0.1, 0.15) is 6.04 Å². The van der Waals surface area contributed by atoms with Crippen molar-refractivity contribution >= 4 is 23.4 Å². The number of hydrogen-bond acceptors (Lipinski definition) is 2. The minimum absolute atomic E-state index is 0.0782. The number of nitrogens with zero attached hydrogens (tertiary/aromatic N) is 1. The van der Waals surface area contributed by atoms with Gasteiger partial charge in [-0.1, -0.05) is 97.2 Å². The van der Waals surface area contributed by atoms with Gasteiger partial charge in [-0.05, 0) is 48.6 Å². The van der Waals surface area contributed by atoms with Gasteiger partial charge >= 0.3 is 0 Å². The normalized spacial score (nSPS) is 11.8. The molecule has 0 radical (unpaired) electrons. The average molecular weight is 491 g/mol. The lowest BCUT2D eigenvalue weighted by Gasteiger charge is -2.32. The molecule has 0 aliphatic heterocycles. The van der Waals surface area contributed by atoms with Gasteiger partial charge in [0.15, 0.2) is 0 Å². The molecule has 0 aliphatic carbocycles. The van der Waals surface area contributed by atoms with Crippen LogP contribution in [0.25, 0.3) is 0 Å². The number of amides is 2. The topological polar surface area (TPSA) is 49.4 Å². The lowest BCUT2D eigenvalue weighted by Crippen LogP contribution is -2.51. The Balaban J connectivity index is 1.96. The van der Waals surface area contributed by atoms with E-state index in [0.717, 1.165) is 27.8 Å². The molecule has 0 fully saturated rings. The number of carbonyl (C=O) groups is 2. The first-order chi connectivity index (χ1) is 16.7. The van der Waals surface area contributed by atoms with Crippen molar-refractivity contribution < 1.29 is 9.59 Å². The van der Waals surface area contributed by atoms with E-state index >= 15 is 0 Å². The highest BCUT2D eigenvalue weighted by molar-refractivity contribution is 6.30. The summed E-state index contributed by atoms with van der Waals surface area (Å²) in [5, 5.41) is 3.70. The van der Waals surface area contributed by atoms with E-state index in [1.54, 1.807) is 4.90 Å². The van der Waals surface area contributed by atoms with Crippen molar-refractivity contribution in [1.29, 1.82) is 0 Å². The van der Waals surface area contributed by atoms with Gasteiger partial charge in [-0.15, -0.1) is 0 Å². The van der Waals surface area contributed by atoms with E-state index in [-0.39, 0.29) is 18.2 Å². The predicted octanol–water partition coefficient (Wildman–Crippen LogP) is 5.91. The molecule has 5 heteroatoms. The highest BCUT2D eigenvalue weighted by Crippen LogP contribution is 2.19. The van der Waals surface area contributed by atoms with Crippen LogP contribution >= 0.6 is 11.6 Å². The van der Waals surface area contributed by atoms with E-state index in [4.69, 9.17) is 11.6 Å². The fraction of sp³-hybridized carbons (Fsp3) is 0.333. The Morgan fingerprint density at radius 2 is 1.49 bits per heavy atom. The van der Waals surface area contributed by atoms with Crippen LogP contribution in [0.2, 0.25) is 5.02 Å². The Bertz CT molecular complexity index is 1110. The number of rotatable bonds is 10. The Morgan fingerprint density at radius 1 is 0.857 bits per heavy atom. The molecule has 0 aliphatic rings. The number of halogens is 1. The van der Waals surface area contributed by atoms with Gasteiger partial charge < -0.3 is 10.2 Å². The summed E-state index contributed by atoms with van der Waals surface area (Å²) in [7, 11) is 0. The van der Waals surface area contributed by atoms with E-state index in [1.807, 2.05) is 80.6 Å². The van der Waals surface area contributed by atoms with Crippen LogP contribution in [0.1, 0.15) is 41.7 Å². The molecular formula is C30H35ClN2O2. The van der Waals surface area contributed by atoms with Crippen molar-refractivity contribution in [2.75, 3.05) is 6.54 Å². The van der Waals surface area contributed by atoms with E-state index in [1.165, 1.54) is 0 Å². The minimum atomic E-state index is -0.634. The SMILES string of the molecule is Cc1cc(C)cc(CC(=O)N(Cc2ccc(Cl)cc2)[C@H](Cc2ccccc2)C(=O)NCC(C)C)c1. The maximum Gasteiger partial charge on any atom is 0.243 e. The molecule has 1 N–H and O–H groups in total. The van der Waals surface area contributed by atoms with E-state index in [0.29, 0.717) is 30.5 Å².